The van der Waals surface area contributed by atoms with E-state index in [1.54, 1.807) is 19.9 Å². The summed E-state index contributed by atoms with van der Waals surface area (Å²) in [5, 5.41) is 24.5. The lowest BCUT2D eigenvalue weighted by atomic mass is 10.2. The highest BCUT2D eigenvalue weighted by Crippen LogP contribution is 2.21. The average molecular weight is 316 g/mol. The van der Waals surface area contributed by atoms with Gasteiger partial charge in [0.15, 0.2) is 0 Å². The molecule has 8 heteroatoms. The summed E-state index contributed by atoms with van der Waals surface area (Å²) in [5.41, 5.74) is 0.763. The van der Waals surface area contributed by atoms with E-state index in [1.165, 1.54) is 18.2 Å². The van der Waals surface area contributed by atoms with E-state index in [1.807, 2.05) is 0 Å². The zero-order chi connectivity index (χ0) is 17.4. The quantitative estimate of drug-likeness (QED) is 0.358. The van der Waals surface area contributed by atoms with Crippen LogP contribution < -0.4 is 10.6 Å². The monoisotopic (exact) mass is 316 g/mol. The Morgan fingerprint density at radius 3 is 2.65 bits per heavy atom. The SMILES string of the molecule is CCCC(=O)NC(=O)C(C#N)=CNc1ccc([N+](=O)[O-])cc1C. The number of benzene rings is 1. The molecular weight excluding hydrogens is 300 g/mol. The first-order chi connectivity index (χ1) is 10.9. The third kappa shape index (κ3) is 5.24. The van der Waals surface area contributed by atoms with Crippen LogP contribution in [0.3, 0.4) is 0 Å². The Balaban J connectivity index is 2.85. The largest absolute Gasteiger partial charge is 0.360 e. The molecule has 2 amide bonds. The van der Waals surface area contributed by atoms with Gasteiger partial charge < -0.3 is 5.32 Å². The number of carbonyl (C=O) groups is 2. The zero-order valence-corrected chi connectivity index (χ0v) is 12.8. The molecule has 0 aliphatic rings. The molecule has 0 unspecified atom stereocenters. The number of carbonyl (C=O) groups excluding carboxylic acids is 2. The first kappa shape index (κ1) is 17.8. The number of nitrogens with one attached hydrogen (secondary N) is 2. The van der Waals surface area contributed by atoms with Gasteiger partial charge in [0.2, 0.25) is 5.91 Å². The van der Waals surface area contributed by atoms with E-state index in [-0.39, 0.29) is 17.7 Å². The summed E-state index contributed by atoms with van der Waals surface area (Å²) < 4.78 is 0. The molecule has 0 heterocycles. The van der Waals surface area contributed by atoms with Crippen molar-refractivity contribution >= 4 is 23.2 Å². The number of nitro groups is 1. The number of hydrogen-bond donors (Lipinski definition) is 2. The second kappa shape index (κ2) is 8.29. The molecule has 1 aromatic rings. The maximum atomic E-state index is 11.8. The minimum Gasteiger partial charge on any atom is -0.360 e. The predicted molar refractivity (Wildman–Crippen MR) is 83.2 cm³/mol. The number of amides is 2. The number of nitrogens with zero attached hydrogens (tertiary/aromatic N) is 2. The van der Waals surface area contributed by atoms with Crippen LogP contribution >= 0.6 is 0 Å². The molecule has 0 saturated carbocycles. The van der Waals surface area contributed by atoms with E-state index in [9.17, 15) is 19.7 Å². The highest BCUT2D eigenvalue weighted by molar-refractivity contribution is 6.06. The van der Waals surface area contributed by atoms with Crippen LogP contribution in [-0.2, 0) is 9.59 Å². The normalized spacial score (nSPS) is 10.6. The van der Waals surface area contributed by atoms with Crippen LogP contribution in [0.1, 0.15) is 25.3 Å². The molecule has 0 saturated heterocycles. The Labute approximate surface area is 132 Å². The van der Waals surface area contributed by atoms with Gasteiger partial charge in [0.1, 0.15) is 11.6 Å². The second-order valence-corrected chi connectivity index (χ2v) is 4.70. The highest BCUT2D eigenvalue weighted by atomic mass is 16.6. The Morgan fingerprint density at radius 1 is 1.43 bits per heavy atom. The number of nitro benzene ring substituents is 1. The van der Waals surface area contributed by atoms with Crippen molar-refractivity contribution in [2.24, 2.45) is 0 Å². The van der Waals surface area contributed by atoms with Crippen LogP contribution in [0.2, 0.25) is 0 Å². The van der Waals surface area contributed by atoms with Gasteiger partial charge in [-0.15, -0.1) is 0 Å². The molecule has 2 N–H and O–H groups in total. The molecule has 1 rings (SSSR count). The van der Waals surface area contributed by atoms with E-state index in [0.29, 0.717) is 17.7 Å². The van der Waals surface area contributed by atoms with Crippen LogP contribution in [0, 0.1) is 28.4 Å². The van der Waals surface area contributed by atoms with Crippen LogP contribution in [0.15, 0.2) is 30.0 Å². The number of nitriles is 1. The fraction of sp³-hybridized carbons (Fsp3) is 0.267. The third-order valence-electron chi connectivity index (χ3n) is 2.89. The minimum absolute atomic E-state index is 0.0551. The van der Waals surface area contributed by atoms with E-state index in [0.717, 1.165) is 6.20 Å². The van der Waals surface area contributed by atoms with Crippen molar-refractivity contribution in [1.82, 2.24) is 5.32 Å². The highest BCUT2D eigenvalue weighted by Gasteiger charge is 2.13. The lowest BCUT2D eigenvalue weighted by molar-refractivity contribution is -0.384. The topological polar surface area (TPSA) is 125 Å². The molecule has 0 spiro atoms. The first-order valence-electron chi connectivity index (χ1n) is 6.85. The standard InChI is InChI=1S/C15H16N4O4/c1-3-4-14(20)18-15(21)11(8-16)9-17-13-6-5-12(19(22)23)7-10(13)2/h5-7,9,17H,3-4H2,1-2H3,(H,18,20,21). The fourth-order valence-corrected chi connectivity index (χ4v) is 1.71. The molecule has 0 aliphatic heterocycles. The molecule has 8 nitrogen and oxygen atoms in total. The summed E-state index contributed by atoms with van der Waals surface area (Å²) >= 11 is 0. The number of non-ortho nitro benzene ring substituents is 1. The molecular formula is C15H16N4O4. The molecule has 0 aromatic heterocycles. The Kier molecular flexibility index (Phi) is 6.43. The van der Waals surface area contributed by atoms with Gasteiger partial charge in [0, 0.05) is 30.4 Å². The summed E-state index contributed by atoms with van der Waals surface area (Å²) in [5.74, 6) is -1.25. The molecule has 120 valence electrons. The molecule has 23 heavy (non-hydrogen) atoms. The average Bonchev–Trinajstić information content (AvgIpc) is 2.49. The summed E-state index contributed by atoms with van der Waals surface area (Å²) in [6.45, 7) is 3.45. The predicted octanol–water partition coefficient (Wildman–Crippen LogP) is 2.17. The van der Waals surface area contributed by atoms with Crippen LogP contribution in [0.5, 0.6) is 0 Å². The Morgan fingerprint density at radius 2 is 2.13 bits per heavy atom. The maximum absolute atomic E-state index is 11.8. The summed E-state index contributed by atoms with van der Waals surface area (Å²) in [6.07, 6.45) is 1.94. The minimum atomic E-state index is -0.794. The number of anilines is 1. The van der Waals surface area contributed by atoms with Crippen molar-refractivity contribution in [2.45, 2.75) is 26.7 Å². The van der Waals surface area contributed by atoms with E-state index in [4.69, 9.17) is 5.26 Å². The van der Waals surface area contributed by atoms with E-state index >= 15 is 0 Å². The van der Waals surface area contributed by atoms with Crippen molar-refractivity contribution in [1.29, 1.82) is 5.26 Å². The molecule has 0 aliphatic carbocycles. The molecule has 0 fully saturated rings. The second-order valence-electron chi connectivity index (χ2n) is 4.70. The molecule has 1 aromatic carbocycles. The van der Waals surface area contributed by atoms with E-state index in [2.05, 4.69) is 10.6 Å². The van der Waals surface area contributed by atoms with Crippen molar-refractivity contribution in [2.75, 3.05) is 5.32 Å². The van der Waals surface area contributed by atoms with Crippen LogP contribution in [0.25, 0.3) is 0 Å². The van der Waals surface area contributed by atoms with Gasteiger partial charge in [-0.3, -0.25) is 25.0 Å². The third-order valence-corrected chi connectivity index (χ3v) is 2.89. The molecule has 0 atom stereocenters. The number of rotatable bonds is 6. The smallest absolute Gasteiger partial charge is 0.269 e. The fourth-order valence-electron chi connectivity index (χ4n) is 1.71. The van der Waals surface area contributed by atoms with Crippen LogP contribution in [-0.4, -0.2) is 16.7 Å². The van der Waals surface area contributed by atoms with Gasteiger partial charge in [-0.2, -0.15) is 5.26 Å². The summed E-state index contributed by atoms with van der Waals surface area (Å²) in [6, 6.07) is 5.84. The Hall–Kier alpha value is -3.21. The van der Waals surface area contributed by atoms with Gasteiger partial charge in [-0.05, 0) is 25.0 Å². The van der Waals surface area contributed by atoms with Crippen molar-refractivity contribution in [3.05, 3.63) is 45.6 Å². The number of imide groups is 1. The van der Waals surface area contributed by atoms with Crippen molar-refractivity contribution in [3.8, 4) is 6.07 Å². The first-order valence-corrected chi connectivity index (χ1v) is 6.85. The van der Waals surface area contributed by atoms with Gasteiger partial charge in [-0.25, -0.2) is 0 Å². The van der Waals surface area contributed by atoms with Crippen LogP contribution in [0.4, 0.5) is 11.4 Å². The zero-order valence-electron chi connectivity index (χ0n) is 12.8. The van der Waals surface area contributed by atoms with Gasteiger partial charge in [-0.1, -0.05) is 6.92 Å². The van der Waals surface area contributed by atoms with Crippen molar-refractivity contribution in [3.63, 3.8) is 0 Å². The number of aryl methyl sites for hydroxylation is 1. The van der Waals surface area contributed by atoms with Crippen molar-refractivity contribution < 1.29 is 14.5 Å². The molecule has 0 bridgehead atoms. The lowest BCUT2D eigenvalue weighted by Crippen LogP contribution is -2.31. The number of hydrogen-bond acceptors (Lipinski definition) is 6. The molecule has 0 radical (unpaired) electrons. The summed E-state index contributed by atoms with van der Waals surface area (Å²) in [7, 11) is 0. The van der Waals surface area contributed by atoms with E-state index < -0.39 is 16.7 Å². The maximum Gasteiger partial charge on any atom is 0.269 e. The van der Waals surface area contributed by atoms with Gasteiger partial charge in [0.25, 0.3) is 11.6 Å². The van der Waals surface area contributed by atoms with Gasteiger partial charge in [0.05, 0.1) is 4.92 Å². The Bertz CT molecular complexity index is 704. The summed E-state index contributed by atoms with van der Waals surface area (Å²) in [4.78, 5) is 33.3. The van der Waals surface area contributed by atoms with Gasteiger partial charge >= 0.3 is 0 Å². The lowest BCUT2D eigenvalue weighted by Gasteiger charge is -2.06.